The quantitative estimate of drug-likeness (QED) is 0.0618. The van der Waals surface area contributed by atoms with Gasteiger partial charge in [-0.3, -0.25) is 0 Å². The largest absolute Gasteiger partial charge is 0.394 e. The van der Waals surface area contributed by atoms with Crippen molar-refractivity contribution in [1.29, 1.82) is 0 Å². The summed E-state index contributed by atoms with van der Waals surface area (Å²) in [7, 11) is 0. The lowest BCUT2D eigenvalue weighted by Crippen LogP contribution is -2.56. The fourth-order valence-electron chi connectivity index (χ4n) is 3.25. The highest BCUT2D eigenvalue weighted by molar-refractivity contribution is 4.91. The van der Waals surface area contributed by atoms with Crippen molar-refractivity contribution in [2.45, 2.75) is 43.9 Å². The Morgan fingerprint density at radius 1 is 0.429 bits per heavy atom. The molecule has 0 rings (SSSR count). The first-order chi connectivity index (χ1) is 17.1. The van der Waals surface area contributed by atoms with Crippen molar-refractivity contribution in [3.8, 4) is 0 Å². The summed E-state index contributed by atoms with van der Waals surface area (Å²) in [6, 6.07) is 0. The first-order valence-electron chi connectivity index (χ1n) is 12.0. The minimum atomic E-state index is -0.957. The van der Waals surface area contributed by atoms with Crippen LogP contribution in [-0.2, 0) is 33.2 Å². The fourth-order valence-corrected chi connectivity index (χ4v) is 3.25. The lowest BCUT2D eigenvalue weighted by atomic mass is 9.98. The molecule has 0 radical (unpaired) electrons. The van der Waals surface area contributed by atoms with E-state index < -0.39 is 30.5 Å². The first-order valence-corrected chi connectivity index (χ1v) is 12.0. The maximum atomic E-state index is 9.45. The van der Waals surface area contributed by atoms with Crippen molar-refractivity contribution < 1.29 is 63.8 Å². The zero-order chi connectivity index (χ0) is 26.2. The van der Waals surface area contributed by atoms with E-state index in [0.29, 0.717) is 13.0 Å². The molecular formula is C22H46O13. The molecule has 0 amide bonds. The molecule has 0 bridgehead atoms. The Bertz CT molecular complexity index is 398. The smallest absolute Gasteiger partial charge is 0.115 e. The lowest BCUT2D eigenvalue weighted by molar-refractivity contribution is -0.220. The molecule has 0 aliphatic heterocycles. The summed E-state index contributed by atoms with van der Waals surface area (Å²) in [4.78, 5) is 0. The Kier molecular flexibility index (Phi) is 24.8. The van der Waals surface area contributed by atoms with E-state index in [1.807, 2.05) is 6.92 Å². The lowest BCUT2D eigenvalue weighted by Gasteiger charge is -2.40. The molecule has 6 N–H and O–H groups in total. The molecule has 0 heterocycles. The molecule has 0 aromatic rings. The SMILES string of the molecule is CCCOC(COCCO)C(OCCO)C(OCCO)C(OCCO)C(COCCO)OCCO. The van der Waals surface area contributed by atoms with E-state index in [1.165, 1.54) is 0 Å². The Hall–Kier alpha value is -0.520. The number of hydrogen-bond acceptors (Lipinski definition) is 13. The fraction of sp³-hybridized carbons (Fsp3) is 1.00. The molecule has 0 aromatic heterocycles. The molecule has 0 saturated carbocycles. The molecule has 13 heteroatoms. The Morgan fingerprint density at radius 2 is 0.771 bits per heavy atom. The summed E-state index contributed by atoms with van der Waals surface area (Å²) in [6.45, 7) is 0.555. The van der Waals surface area contributed by atoms with Crippen molar-refractivity contribution in [1.82, 2.24) is 0 Å². The third kappa shape index (κ3) is 16.0. The van der Waals surface area contributed by atoms with Crippen LogP contribution >= 0.6 is 0 Å². The van der Waals surface area contributed by atoms with Crippen LogP contribution in [0.4, 0.5) is 0 Å². The van der Waals surface area contributed by atoms with Crippen molar-refractivity contribution >= 4 is 0 Å². The number of aliphatic hydroxyl groups is 6. The highest BCUT2D eigenvalue weighted by atomic mass is 16.6. The van der Waals surface area contributed by atoms with Gasteiger partial charge in [-0.15, -0.1) is 0 Å². The van der Waals surface area contributed by atoms with Gasteiger partial charge in [-0.25, -0.2) is 0 Å². The first kappa shape index (κ1) is 34.5. The highest BCUT2D eigenvalue weighted by Gasteiger charge is 2.42. The van der Waals surface area contributed by atoms with Crippen LogP contribution in [-0.4, -0.2) is 160 Å². The predicted molar refractivity (Wildman–Crippen MR) is 123 cm³/mol. The van der Waals surface area contributed by atoms with E-state index >= 15 is 0 Å². The van der Waals surface area contributed by atoms with Gasteiger partial charge in [-0.05, 0) is 6.42 Å². The standard InChI is InChI=1S/C22H46O13/c1-2-9-31-18(16-29-10-3-23)20(33-13-6-26)22(35-15-8-28)21(34-14-7-27)19(32-12-5-25)17-30-11-4-24/h18-28H,2-17H2,1H3. The van der Waals surface area contributed by atoms with Crippen LogP contribution in [0.1, 0.15) is 13.3 Å². The molecule has 5 atom stereocenters. The monoisotopic (exact) mass is 518 g/mol. The van der Waals surface area contributed by atoms with Crippen LogP contribution in [0.25, 0.3) is 0 Å². The molecule has 212 valence electrons. The van der Waals surface area contributed by atoms with Crippen LogP contribution in [0.5, 0.6) is 0 Å². The third-order valence-corrected chi connectivity index (χ3v) is 4.58. The Labute approximate surface area is 207 Å². The number of ether oxygens (including phenoxy) is 7. The molecule has 0 aromatic carbocycles. The van der Waals surface area contributed by atoms with E-state index in [9.17, 15) is 20.4 Å². The average molecular weight is 519 g/mol. The van der Waals surface area contributed by atoms with Crippen molar-refractivity contribution in [2.24, 2.45) is 0 Å². The molecule has 5 unspecified atom stereocenters. The Balaban J connectivity index is 6.17. The van der Waals surface area contributed by atoms with Gasteiger partial charge < -0.3 is 63.8 Å². The number of rotatable bonds is 27. The van der Waals surface area contributed by atoms with E-state index in [2.05, 4.69) is 0 Å². The van der Waals surface area contributed by atoms with Crippen LogP contribution in [0.2, 0.25) is 0 Å². The zero-order valence-corrected chi connectivity index (χ0v) is 20.7. The Morgan fingerprint density at radius 3 is 1.14 bits per heavy atom. The minimum Gasteiger partial charge on any atom is -0.394 e. The third-order valence-electron chi connectivity index (χ3n) is 4.58. The maximum absolute atomic E-state index is 9.45. The molecular weight excluding hydrogens is 472 g/mol. The summed E-state index contributed by atoms with van der Waals surface area (Å²) in [5.41, 5.74) is 0. The predicted octanol–water partition coefficient (Wildman–Crippen LogP) is -2.69. The van der Waals surface area contributed by atoms with Gasteiger partial charge in [-0.2, -0.15) is 0 Å². The van der Waals surface area contributed by atoms with E-state index in [4.69, 9.17) is 43.4 Å². The van der Waals surface area contributed by atoms with E-state index in [1.54, 1.807) is 0 Å². The zero-order valence-electron chi connectivity index (χ0n) is 20.7. The summed E-state index contributed by atoms with van der Waals surface area (Å²) >= 11 is 0. The van der Waals surface area contributed by atoms with Gasteiger partial charge in [0.05, 0.1) is 92.5 Å². The van der Waals surface area contributed by atoms with Gasteiger partial charge in [0.2, 0.25) is 0 Å². The van der Waals surface area contributed by atoms with E-state index in [-0.39, 0.29) is 92.5 Å². The van der Waals surface area contributed by atoms with Gasteiger partial charge in [0.1, 0.15) is 30.5 Å². The maximum Gasteiger partial charge on any atom is 0.115 e. The van der Waals surface area contributed by atoms with E-state index in [0.717, 1.165) is 0 Å². The second-order valence-corrected chi connectivity index (χ2v) is 7.32. The molecule has 0 aliphatic carbocycles. The van der Waals surface area contributed by atoms with Crippen LogP contribution in [0, 0.1) is 0 Å². The summed E-state index contributed by atoms with van der Waals surface area (Å²) in [5.74, 6) is 0. The van der Waals surface area contributed by atoms with Gasteiger partial charge in [0, 0.05) is 6.61 Å². The van der Waals surface area contributed by atoms with Crippen LogP contribution in [0.3, 0.4) is 0 Å². The molecule has 35 heavy (non-hydrogen) atoms. The minimum absolute atomic E-state index is 0.0333. The summed E-state index contributed by atoms with van der Waals surface area (Å²) in [6.07, 6.45) is -3.62. The number of aliphatic hydroxyl groups excluding tert-OH is 6. The van der Waals surface area contributed by atoms with Crippen molar-refractivity contribution in [3.05, 3.63) is 0 Å². The molecule has 13 nitrogen and oxygen atoms in total. The molecule has 0 spiro atoms. The summed E-state index contributed by atoms with van der Waals surface area (Å²) in [5, 5.41) is 55.8. The van der Waals surface area contributed by atoms with Crippen LogP contribution < -0.4 is 0 Å². The normalized spacial score (nSPS) is 16.2. The van der Waals surface area contributed by atoms with Gasteiger partial charge in [0.25, 0.3) is 0 Å². The molecule has 0 fully saturated rings. The van der Waals surface area contributed by atoms with Gasteiger partial charge in [-0.1, -0.05) is 6.92 Å². The molecule has 0 aliphatic rings. The second-order valence-electron chi connectivity index (χ2n) is 7.32. The van der Waals surface area contributed by atoms with Crippen LogP contribution in [0.15, 0.2) is 0 Å². The van der Waals surface area contributed by atoms with Gasteiger partial charge >= 0.3 is 0 Å². The number of hydrogen-bond donors (Lipinski definition) is 6. The topological polar surface area (TPSA) is 186 Å². The highest BCUT2D eigenvalue weighted by Crippen LogP contribution is 2.23. The molecule has 0 saturated heterocycles. The van der Waals surface area contributed by atoms with Crippen molar-refractivity contribution in [3.63, 3.8) is 0 Å². The average Bonchev–Trinajstić information content (AvgIpc) is 2.87. The van der Waals surface area contributed by atoms with Crippen molar-refractivity contribution in [2.75, 3.05) is 99.1 Å². The van der Waals surface area contributed by atoms with Gasteiger partial charge in [0.15, 0.2) is 0 Å². The second kappa shape index (κ2) is 25.1. The summed E-state index contributed by atoms with van der Waals surface area (Å²) < 4.78 is 40.5.